The minimum Gasteiger partial charge on any atom is -0.462 e. The quantitative estimate of drug-likeness (QED) is 0.419. The van der Waals surface area contributed by atoms with Crippen molar-refractivity contribution in [1.29, 1.82) is 0 Å². The summed E-state index contributed by atoms with van der Waals surface area (Å²) in [6, 6.07) is 8.77. The van der Waals surface area contributed by atoms with E-state index in [2.05, 4.69) is 6.92 Å². The van der Waals surface area contributed by atoms with E-state index in [9.17, 15) is 9.59 Å². The van der Waals surface area contributed by atoms with Crippen molar-refractivity contribution in [2.45, 2.75) is 58.3 Å². The van der Waals surface area contributed by atoms with Gasteiger partial charge in [-0.3, -0.25) is 4.79 Å². The molecule has 0 fully saturated rings. The van der Waals surface area contributed by atoms with E-state index in [1.165, 1.54) is 32.1 Å². The monoisotopic (exact) mass is 320 g/mol. The van der Waals surface area contributed by atoms with Crippen molar-refractivity contribution in [3.63, 3.8) is 0 Å². The number of unbranched alkanes of at least 4 members (excludes halogenated alkanes) is 6. The van der Waals surface area contributed by atoms with Gasteiger partial charge in [-0.05, 0) is 18.6 Å². The van der Waals surface area contributed by atoms with Crippen molar-refractivity contribution in [3.05, 3.63) is 35.9 Å². The van der Waals surface area contributed by atoms with Gasteiger partial charge in [-0.15, -0.1) is 0 Å². The number of benzene rings is 1. The molecule has 4 nitrogen and oxygen atoms in total. The summed E-state index contributed by atoms with van der Waals surface area (Å²) in [5, 5.41) is 0. The van der Waals surface area contributed by atoms with Crippen LogP contribution in [0.3, 0.4) is 0 Å². The highest BCUT2D eigenvalue weighted by molar-refractivity contribution is 5.89. The summed E-state index contributed by atoms with van der Waals surface area (Å²) in [5.41, 5.74) is 0.502. The molecule has 128 valence electrons. The van der Waals surface area contributed by atoms with Gasteiger partial charge in [-0.1, -0.05) is 63.6 Å². The molecule has 1 rings (SSSR count). The van der Waals surface area contributed by atoms with Gasteiger partial charge in [0.25, 0.3) is 0 Å². The molecule has 0 heterocycles. The molecule has 0 aliphatic heterocycles. The predicted octanol–water partition coefficient (Wildman–Crippen LogP) is 4.53. The molecule has 0 spiro atoms. The topological polar surface area (TPSA) is 52.6 Å². The van der Waals surface area contributed by atoms with Gasteiger partial charge in [-0.2, -0.15) is 0 Å². The van der Waals surface area contributed by atoms with E-state index in [-0.39, 0.29) is 19.2 Å². The molecule has 1 aromatic carbocycles. The van der Waals surface area contributed by atoms with Gasteiger partial charge >= 0.3 is 11.9 Å². The first-order valence-electron chi connectivity index (χ1n) is 8.62. The Morgan fingerprint density at radius 3 is 2.13 bits per heavy atom. The Kier molecular flexibility index (Phi) is 10.6. The molecule has 4 heteroatoms. The fourth-order valence-corrected chi connectivity index (χ4v) is 2.25. The van der Waals surface area contributed by atoms with Gasteiger partial charge in [0.15, 0.2) is 0 Å². The lowest BCUT2D eigenvalue weighted by atomic mass is 10.1. The van der Waals surface area contributed by atoms with E-state index in [1.54, 1.807) is 24.3 Å². The van der Waals surface area contributed by atoms with Crippen LogP contribution < -0.4 is 0 Å². The van der Waals surface area contributed by atoms with E-state index >= 15 is 0 Å². The zero-order valence-corrected chi connectivity index (χ0v) is 14.1. The summed E-state index contributed by atoms with van der Waals surface area (Å²) in [4.78, 5) is 23.2. The second-order valence-corrected chi connectivity index (χ2v) is 5.59. The Hall–Kier alpha value is -1.84. The average molecular weight is 320 g/mol. The predicted molar refractivity (Wildman–Crippen MR) is 90.3 cm³/mol. The van der Waals surface area contributed by atoms with Crippen LogP contribution in [0, 0.1) is 0 Å². The van der Waals surface area contributed by atoms with Crippen LogP contribution in [0.2, 0.25) is 0 Å². The summed E-state index contributed by atoms with van der Waals surface area (Å²) < 4.78 is 10.1. The minimum absolute atomic E-state index is 0.0937. The molecule has 0 unspecified atom stereocenters. The normalized spacial score (nSPS) is 10.3. The lowest BCUT2D eigenvalue weighted by Gasteiger charge is -2.06. The Morgan fingerprint density at radius 1 is 0.826 bits per heavy atom. The van der Waals surface area contributed by atoms with Crippen LogP contribution in [0.5, 0.6) is 0 Å². The fourth-order valence-electron chi connectivity index (χ4n) is 2.25. The second-order valence-electron chi connectivity index (χ2n) is 5.59. The Bertz CT molecular complexity index is 442. The van der Waals surface area contributed by atoms with Crippen molar-refractivity contribution in [3.8, 4) is 0 Å². The molecular weight excluding hydrogens is 292 g/mol. The molecule has 23 heavy (non-hydrogen) atoms. The van der Waals surface area contributed by atoms with Crippen molar-refractivity contribution < 1.29 is 19.1 Å². The lowest BCUT2D eigenvalue weighted by molar-refractivity contribution is -0.144. The van der Waals surface area contributed by atoms with E-state index in [4.69, 9.17) is 9.47 Å². The van der Waals surface area contributed by atoms with E-state index in [1.807, 2.05) is 6.07 Å². The van der Waals surface area contributed by atoms with Crippen LogP contribution in [0.15, 0.2) is 30.3 Å². The number of hydrogen-bond donors (Lipinski definition) is 0. The molecule has 0 aliphatic carbocycles. The second kappa shape index (κ2) is 12.7. The van der Waals surface area contributed by atoms with Crippen molar-refractivity contribution in [2.24, 2.45) is 0 Å². The van der Waals surface area contributed by atoms with Crippen LogP contribution >= 0.6 is 0 Å². The smallest absolute Gasteiger partial charge is 0.338 e. The molecule has 0 bridgehead atoms. The van der Waals surface area contributed by atoms with Crippen LogP contribution in [0.4, 0.5) is 0 Å². The summed E-state index contributed by atoms with van der Waals surface area (Å²) in [6.07, 6.45) is 8.65. The standard InChI is InChI=1S/C19H28O4/c1-2-3-4-5-6-7-11-14-18(20)22-15-16-23-19(21)17-12-9-8-10-13-17/h8-10,12-13H,2-7,11,14-16H2,1H3. The van der Waals surface area contributed by atoms with Gasteiger partial charge in [0.05, 0.1) is 5.56 Å². The minimum atomic E-state index is -0.395. The first kappa shape index (κ1) is 19.2. The number of carbonyl (C=O) groups excluding carboxylic acids is 2. The van der Waals surface area contributed by atoms with Crippen LogP contribution in [0.25, 0.3) is 0 Å². The highest BCUT2D eigenvalue weighted by Crippen LogP contribution is 2.08. The van der Waals surface area contributed by atoms with Gasteiger partial charge in [0.2, 0.25) is 0 Å². The van der Waals surface area contributed by atoms with Gasteiger partial charge < -0.3 is 9.47 Å². The highest BCUT2D eigenvalue weighted by atomic mass is 16.6. The fraction of sp³-hybridized carbons (Fsp3) is 0.579. The maximum atomic E-state index is 11.6. The van der Waals surface area contributed by atoms with Crippen molar-refractivity contribution >= 4 is 11.9 Å². The molecule has 0 saturated carbocycles. The maximum absolute atomic E-state index is 11.6. The largest absolute Gasteiger partial charge is 0.462 e. The molecule has 0 N–H and O–H groups in total. The lowest BCUT2D eigenvalue weighted by Crippen LogP contribution is -2.13. The molecule has 0 amide bonds. The third-order valence-corrected chi connectivity index (χ3v) is 3.57. The van der Waals surface area contributed by atoms with Crippen LogP contribution in [-0.2, 0) is 14.3 Å². The third-order valence-electron chi connectivity index (χ3n) is 3.57. The van der Waals surface area contributed by atoms with Crippen LogP contribution in [-0.4, -0.2) is 25.2 Å². The number of ether oxygens (including phenoxy) is 2. The summed E-state index contributed by atoms with van der Waals surface area (Å²) in [6.45, 7) is 2.41. The number of hydrogen-bond acceptors (Lipinski definition) is 4. The average Bonchev–Trinajstić information content (AvgIpc) is 2.58. The van der Waals surface area contributed by atoms with E-state index in [0.717, 1.165) is 12.8 Å². The summed E-state index contributed by atoms with van der Waals surface area (Å²) in [5.74, 6) is -0.608. The molecule has 0 aliphatic rings. The molecule has 0 aromatic heterocycles. The molecular formula is C19H28O4. The number of rotatable bonds is 12. The zero-order chi connectivity index (χ0) is 16.8. The first-order valence-corrected chi connectivity index (χ1v) is 8.62. The van der Waals surface area contributed by atoms with Gasteiger partial charge in [-0.25, -0.2) is 4.79 Å². The number of esters is 2. The summed E-state index contributed by atoms with van der Waals surface area (Å²) >= 11 is 0. The molecule has 0 saturated heterocycles. The first-order chi connectivity index (χ1) is 11.2. The SMILES string of the molecule is CCCCCCCCCC(=O)OCCOC(=O)c1ccccc1. The van der Waals surface area contributed by atoms with Crippen molar-refractivity contribution in [1.82, 2.24) is 0 Å². The molecule has 1 aromatic rings. The molecule has 0 atom stereocenters. The maximum Gasteiger partial charge on any atom is 0.338 e. The molecule has 0 radical (unpaired) electrons. The van der Waals surface area contributed by atoms with E-state index in [0.29, 0.717) is 12.0 Å². The van der Waals surface area contributed by atoms with Crippen molar-refractivity contribution in [2.75, 3.05) is 13.2 Å². The third kappa shape index (κ3) is 9.72. The Labute approximate surface area is 139 Å². The summed E-state index contributed by atoms with van der Waals surface area (Å²) in [7, 11) is 0. The van der Waals surface area contributed by atoms with Gasteiger partial charge in [0, 0.05) is 6.42 Å². The zero-order valence-electron chi connectivity index (χ0n) is 14.1. The van der Waals surface area contributed by atoms with Gasteiger partial charge in [0.1, 0.15) is 13.2 Å². The van der Waals surface area contributed by atoms with Crippen LogP contribution in [0.1, 0.15) is 68.6 Å². The highest BCUT2D eigenvalue weighted by Gasteiger charge is 2.07. The number of carbonyl (C=O) groups is 2. The van der Waals surface area contributed by atoms with E-state index < -0.39 is 5.97 Å². The Balaban J connectivity index is 1.97. The Morgan fingerprint density at radius 2 is 1.43 bits per heavy atom.